The monoisotopic (exact) mass is 499 g/mol. The van der Waals surface area contributed by atoms with Crippen LogP contribution in [0.15, 0.2) is 0 Å². The Hall–Kier alpha value is -1.66. The highest BCUT2D eigenvalue weighted by Crippen LogP contribution is 2.62. The predicted octanol–water partition coefficient (Wildman–Crippen LogP) is 4.15. The Balaban J connectivity index is 3.38. The molecule has 1 heterocycles. The van der Waals surface area contributed by atoms with Crippen LogP contribution < -0.4 is 0 Å². The van der Waals surface area contributed by atoms with Crippen LogP contribution in [0.3, 0.4) is 0 Å². The van der Waals surface area contributed by atoms with Gasteiger partial charge in [-0.15, -0.1) is 5.06 Å². The van der Waals surface area contributed by atoms with Crippen molar-refractivity contribution in [3.8, 4) is 0 Å². The van der Waals surface area contributed by atoms with Gasteiger partial charge in [0, 0.05) is 0 Å². The second-order valence-corrected chi connectivity index (χ2v) is 5.86. The molecule has 0 radical (unpaired) electrons. The summed E-state index contributed by atoms with van der Waals surface area (Å²) in [6, 6.07) is 0. The van der Waals surface area contributed by atoms with Crippen LogP contribution >= 0.6 is 0 Å². The van der Waals surface area contributed by atoms with Gasteiger partial charge in [-0.25, -0.2) is 4.79 Å². The van der Waals surface area contributed by atoms with Gasteiger partial charge in [-0.2, -0.15) is 65.9 Å². The largest absolute Gasteiger partial charge is 0.460 e. The predicted molar refractivity (Wildman–Crippen MR) is 64.2 cm³/mol. The van der Waals surface area contributed by atoms with E-state index in [0.717, 1.165) is 0 Å². The zero-order valence-electron chi connectivity index (χ0n) is 14.2. The summed E-state index contributed by atoms with van der Waals surface area (Å²) >= 11 is 0. The second-order valence-electron chi connectivity index (χ2n) is 5.86. The molecule has 1 aliphatic heterocycles. The van der Waals surface area contributed by atoms with Gasteiger partial charge in [0.2, 0.25) is 0 Å². The molecule has 0 spiro atoms. The van der Waals surface area contributed by atoms with Crippen molar-refractivity contribution in [2.75, 3.05) is 26.3 Å². The molecule has 1 rings (SSSR count). The van der Waals surface area contributed by atoms with Gasteiger partial charge in [0.05, 0.1) is 26.3 Å². The van der Waals surface area contributed by atoms with Crippen molar-refractivity contribution in [2.24, 2.45) is 0 Å². The van der Waals surface area contributed by atoms with Gasteiger partial charge in [-0.1, -0.05) is 0 Å². The van der Waals surface area contributed by atoms with E-state index < -0.39 is 60.8 Å². The number of hydrogen-bond donors (Lipinski definition) is 0. The Kier molecular flexibility index (Phi) is 6.83. The van der Waals surface area contributed by atoms with E-state index in [4.69, 9.17) is 0 Å². The van der Waals surface area contributed by atoms with Gasteiger partial charge >= 0.3 is 47.7 Å². The summed E-state index contributed by atoms with van der Waals surface area (Å²) in [5.41, 5.74) is 0. The standard InChI is InChI=1S/C12H8F15NO3/c13-6(14,5(29)31-28-1-3-30-4-2-28)7(15,16)8(17,18)9(19,20)10(21,22)11(23,24)12(25,26)27/h1-4H2. The molecule has 0 aromatic heterocycles. The molecule has 1 aliphatic rings. The number of halogens is 15. The molecule has 184 valence electrons. The smallest absolute Gasteiger partial charge is 0.379 e. The number of carbonyl (C=O) groups excluding carboxylic acids is 1. The topological polar surface area (TPSA) is 38.8 Å². The van der Waals surface area contributed by atoms with Crippen LogP contribution in [0.1, 0.15) is 0 Å². The maximum atomic E-state index is 13.5. The molecule has 4 nitrogen and oxygen atoms in total. The van der Waals surface area contributed by atoms with E-state index in [-0.39, 0.29) is 18.3 Å². The van der Waals surface area contributed by atoms with E-state index in [1.807, 2.05) is 0 Å². The van der Waals surface area contributed by atoms with E-state index in [9.17, 15) is 70.7 Å². The highest BCUT2D eigenvalue weighted by atomic mass is 19.4. The van der Waals surface area contributed by atoms with Crippen LogP contribution in [-0.4, -0.2) is 79.0 Å². The highest BCUT2D eigenvalue weighted by Gasteiger charge is 2.94. The summed E-state index contributed by atoms with van der Waals surface area (Å²) in [5.74, 6) is -52.0. The number of nitrogens with zero attached hydrogens (tertiary/aromatic N) is 1. The van der Waals surface area contributed by atoms with Crippen LogP contribution in [0.25, 0.3) is 0 Å². The lowest BCUT2D eigenvalue weighted by Gasteiger charge is -2.41. The molecule has 0 N–H and O–H groups in total. The second kappa shape index (κ2) is 7.73. The first-order chi connectivity index (χ1) is 13.5. The molecule has 0 aromatic carbocycles. The quantitative estimate of drug-likeness (QED) is 0.494. The summed E-state index contributed by atoms with van der Waals surface area (Å²) in [6.45, 7) is -2.03. The maximum absolute atomic E-state index is 13.5. The summed E-state index contributed by atoms with van der Waals surface area (Å²) in [4.78, 5) is 14.7. The number of rotatable bonds is 7. The van der Waals surface area contributed by atoms with Gasteiger partial charge < -0.3 is 9.57 Å². The van der Waals surface area contributed by atoms with Gasteiger partial charge in [-0.3, -0.25) is 0 Å². The van der Waals surface area contributed by atoms with Crippen LogP contribution in [0.2, 0.25) is 0 Å². The van der Waals surface area contributed by atoms with Gasteiger partial charge in [0.1, 0.15) is 0 Å². The Morgan fingerprint density at radius 1 is 0.613 bits per heavy atom. The highest BCUT2D eigenvalue weighted by molar-refractivity contribution is 5.79. The average Bonchev–Trinajstić information content (AvgIpc) is 2.60. The third kappa shape index (κ3) is 3.97. The molecule has 0 aliphatic carbocycles. The average molecular weight is 499 g/mol. The Bertz CT molecular complexity index is 669. The molecule has 0 bridgehead atoms. The molecule has 0 aromatic rings. The van der Waals surface area contributed by atoms with Crippen LogP contribution in [-0.2, 0) is 14.4 Å². The van der Waals surface area contributed by atoms with Crippen LogP contribution in [0, 0.1) is 0 Å². The van der Waals surface area contributed by atoms with E-state index in [0.29, 0.717) is 0 Å². The number of ether oxygens (including phenoxy) is 1. The lowest BCUT2D eigenvalue weighted by Crippen LogP contribution is -2.73. The number of carbonyl (C=O) groups is 1. The minimum atomic E-state index is -8.45. The van der Waals surface area contributed by atoms with Crippen molar-refractivity contribution in [2.45, 2.75) is 41.7 Å². The number of hydroxylamine groups is 2. The number of morpholine rings is 1. The summed E-state index contributed by atoms with van der Waals surface area (Å²) in [5, 5.41) is 0.0958. The minimum absolute atomic E-state index is 0.0958. The molecular formula is C12H8F15NO3. The van der Waals surface area contributed by atoms with Crippen molar-refractivity contribution in [1.29, 1.82) is 0 Å². The Morgan fingerprint density at radius 2 is 0.968 bits per heavy atom. The normalized spacial score (nSPS) is 18.8. The van der Waals surface area contributed by atoms with Gasteiger partial charge in [0.25, 0.3) is 0 Å². The molecular weight excluding hydrogens is 491 g/mol. The van der Waals surface area contributed by atoms with Crippen molar-refractivity contribution in [3.63, 3.8) is 0 Å². The third-order valence-corrected chi connectivity index (χ3v) is 3.77. The molecule has 1 fully saturated rings. The Labute approximate surface area is 160 Å². The van der Waals surface area contributed by atoms with E-state index in [2.05, 4.69) is 9.57 Å². The first-order valence-corrected chi connectivity index (χ1v) is 7.39. The first kappa shape index (κ1) is 27.4. The van der Waals surface area contributed by atoms with Crippen molar-refractivity contribution < 1.29 is 80.2 Å². The molecule has 0 amide bonds. The summed E-state index contributed by atoms with van der Waals surface area (Å²) in [7, 11) is 0. The fourth-order valence-electron chi connectivity index (χ4n) is 1.91. The van der Waals surface area contributed by atoms with E-state index in [1.165, 1.54) is 0 Å². The summed E-state index contributed by atoms with van der Waals surface area (Å²) < 4.78 is 199. The molecule has 1 saturated heterocycles. The lowest BCUT2D eigenvalue weighted by atomic mass is 9.91. The SMILES string of the molecule is O=C(ON1CCOCC1)C(F)(F)C(F)(F)C(F)(F)C(F)(F)C(F)(F)C(F)(F)C(F)(F)F. The zero-order chi connectivity index (χ0) is 24.9. The molecule has 19 heteroatoms. The van der Waals surface area contributed by atoms with Gasteiger partial charge in [-0.05, 0) is 0 Å². The summed E-state index contributed by atoms with van der Waals surface area (Å²) in [6.07, 6.45) is -7.69. The molecule has 31 heavy (non-hydrogen) atoms. The van der Waals surface area contributed by atoms with Crippen LogP contribution in [0.5, 0.6) is 0 Å². The fourth-order valence-corrected chi connectivity index (χ4v) is 1.91. The maximum Gasteiger partial charge on any atom is 0.460 e. The Morgan fingerprint density at radius 3 is 1.35 bits per heavy atom. The molecule has 0 saturated carbocycles. The minimum Gasteiger partial charge on any atom is -0.379 e. The van der Waals surface area contributed by atoms with E-state index >= 15 is 0 Å². The first-order valence-electron chi connectivity index (χ1n) is 7.39. The van der Waals surface area contributed by atoms with E-state index in [1.54, 1.807) is 0 Å². The molecule has 0 unspecified atom stereocenters. The third-order valence-electron chi connectivity index (χ3n) is 3.77. The van der Waals surface area contributed by atoms with Gasteiger partial charge in [0.15, 0.2) is 0 Å². The molecule has 0 atom stereocenters. The van der Waals surface area contributed by atoms with Crippen molar-refractivity contribution in [3.05, 3.63) is 0 Å². The number of alkyl halides is 15. The van der Waals surface area contributed by atoms with Crippen molar-refractivity contribution >= 4 is 5.97 Å². The number of hydrogen-bond acceptors (Lipinski definition) is 4. The lowest BCUT2D eigenvalue weighted by molar-refractivity contribution is -0.450. The van der Waals surface area contributed by atoms with Crippen molar-refractivity contribution in [1.82, 2.24) is 5.06 Å². The zero-order valence-corrected chi connectivity index (χ0v) is 14.2. The fraction of sp³-hybridized carbons (Fsp3) is 0.917. The van der Waals surface area contributed by atoms with Crippen LogP contribution in [0.4, 0.5) is 65.9 Å².